The minimum Gasteiger partial charge on any atom is -0.424 e. The highest BCUT2D eigenvalue weighted by atomic mass is 16.6. The Labute approximate surface area is 149 Å². The largest absolute Gasteiger partial charge is 0.424 e. The van der Waals surface area contributed by atoms with Crippen LogP contribution < -0.4 is 5.32 Å². The third-order valence-corrected chi connectivity index (χ3v) is 3.60. The molecule has 0 radical (unpaired) electrons. The zero-order valence-corrected chi connectivity index (χ0v) is 15.0. The number of nitrogens with one attached hydrogen (secondary N) is 1. The molecule has 1 N–H and O–H groups in total. The number of allylic oxidation sites excluding steroid dienone is 1. The van der Waals surface area contributed by atoms with Crippen LogP contribution in [0, 0.1) is 6.92 Å². The Morgan fingerprint density at radius 3 is 2.73 bits per heavy atom. The SMILES string of the molecule is C/C=C\c1c(CC)nc(-c2nonc2NC(C)=O)n1Cc1nnc(C)o1. The number of hydrogen-bond acceptors (Lipinski definition) is 8. The lowest BCUT2D eigenvalue weighted by Gasteiger charge is -2.07. The fourth-order valence-electron chi connectivity index (χ4n) is 2.58. The van der Waals surface area contributed by atoms with Gasteiger partial charge in [0.05, 0.1) is 11.4 Å². The number of aryl methyl sites for hydroxylation is 2. The molecule has 0 aromatic carbocycles. The van der Waals surface area contributed by atoms with E-state index >= 15 is 0 Å². The Morgan fingerprint density at radius 2 is 2.12 bits per heavy atom. The van der Waals surface area contributed by atoms with Crippen molar-refractivity contribution in [3.05, 3.63) is 29.2 Å². The molecule has 0 aliphatic rings. The standard InChI is InChI=1S/C16H19N7O3/c1-5-7-12-11(6-2)18-16(14-15(17-9(3)24)22-26-21-14)23(12)8-13-20-19-10(4)25-13/h5,7H,6,8H2,1-4H3,(H,17,22,24)/b7-5-. The molecule has 26 heavy (non-hydrogen) atoms. The van der Waals surface area contributed by atoms with E-state index in [-0.39, 0.29) is 11.7 Å². The van der Waals surface area contributed by atoms with Crippen LogP contribution in [0.4, 0.5) is 5.82 Å². The Morgan fingerprint density at radius 1 is 1.31 bits per heavy atom. The van der Waals surface area contributed by atoms with E-state index in [4.69, 9.17) is 9.05 Å². The molecule has 0 spiro atoms. The maximum atomic E-state index is 11.4. The minimum atomic E-state index is -0.281. The maximum absolute atomic E-state index is 11.4. The summed E-state index contributed by atoms with van der Waals surface area (Å²) < 4.78 is 12.2. The van der Waals surface area contributed by atoms with E-state index in [9.17, 15) is 4.79 Å². The summed E-state index contributed by atoms with van der Waals surface area (Å²) in [7, 11) is 0. The summed E-state index contributed by atoms with van der Waals surface area (Å²) >= 11 is 0. The van der Waals surface area contributed by atoms with Crippen LogP contribution in [-0.4, -0.2) is 36.0 Å². The first kappa shape index (κ1) is 17.5. The highest BCUT2D eigenvalue weighted by Gasteiger charge is 2.24. The fraction of sp³-hybridized carbons (Fsp3) is 0.375. The molecule has 0 unspecified atom stereocenters. The molecule has 3 rings (SSSR count). The van der Waals surface area contributed by atoms with Gasteiger partial charge in [0.25, 0.3) is 0 Å². The van der Waals surface area contributed by atoms with E-state index in [1.807, 2.05) is 30.6 Å². The molecule has 0 saturated heterocycles. The molecule has 10 heteroatoms. The highest BCUT2D eigenvalue weighted by molar-refractivity contribution is 5.90. The van der Waals surface area contributed by atoms with Crippen LogP contribution in [0.5, 0.6) is 0 Å². The number of imidazole rings is 1. The van der Waals surface area contributed by atoms with Gasteiger partial charge in [-0.15, -0.1) is 10.2 Å². The van der Waals surface area contributed by atoms with Gasteiger partial charge in [-0.25, -0.2) is 9.61 Å². The van der Waals surface area contributed by atoms with E-state index < -0.39 is 0 Å². The predicted octanol–water partition coefficient (Wildman–Crippen LogP) is 2.23. The van der Waals surface area contributed by atoms with Crippen molar-refractivity contribution in [2.75, 3.05) is 5.32 Å². The van der Waals surface area contributed by atoms with Crippen LogP contribution in [0.15, 0.2) is 15.1 Å². The van der Waals surface area contributed by atoms with Gasteiger partial charge in [-0.1, -0.05) is 13.0 Å². The highest BCUT2D eigenvalue weighted by Crippen LogP contribution is 2.28. The number of carbonyl (C=O) groups is 1. The van der Waals surface area contributed by atoms with E-state index in [1.165, 1.54) is 6.92 Å². The number of amides is 1. The molecule has 0 aliphatic carbocycles. The summed E-state index contributed by atoms with van der Waals surface area (Å²) in [5.41, 5.74) is 2.09. The number of aromatic nitrogens is 6. The average Bonchev–Trinajstić information content (AvgIpc) is 3.28. The lowest BCUT2D eigenvalue weighted by Crippen LogP contribution is -2.09. The van der Waals surface area contributed by atoms with E-state index in [0.29, 0.717) is 36.3 Å². The molecule has 0 bridgehead atoms. The summed E-state index contributed by atoms with van der Waals surface area (Å²) in [6, 6.07) is 0. The van der Waals surface area contributed by atoms with Crippen LogP contribution in [0.1, 0.15) is 43.9 Å². The molecule has 0 fully saturated rings. The van der Waals surface area contributed by atoms with Crippen LogP contribution in [-0.2, 0) is 17.8 Å². The summed E-state index contributed by atoms with van der Waals surface area (Å²) in [5.74, 6) is 1.34. The smallest absolute Gasteiger partial charge is 0.236 e. The van der Waals surface area contributed by atoms with Gasteiger partial charge in [-0.05, 0) is 29.7 Å². The van der Waals surface area contributed by atoms with Gasteiger partial charge in [0.2, 0.25) is 23.5 Å². The minimum absolute atomic E-state index is 0.208. The van der Waals surface area contributed by atoms with Gasteiger partial charge >= 0.3 is 0 Å². The first-order valence-corrected chi connectivity index (χ1v) is 8.15. The quantitative estimate of drug-likeness (QED) is 0.712. The predicted molar refractivity (Wildman–Crippen MR) is 92.0 cm³/mol. The average molecular weight is 357 g/mol. The van der Waals surface area contributed by atoms with Crippen LogP contribution in [0.2, 0.25) is 0 Å². The zero-order chi connectivity index (χ0) is 18.7. The van der Waals surface area contributed by atoms with Gasteiger partial charge in [-0.2, -0.15) is 0 Å². The van der Waals surface area contributed by atoms with Crippen molar-refractivity contribution in [3.8, 4) is 11.5 Å². The lowest BCUT2D eigenvalue weighted by molar-refractivity contribution is -0.114. The van der Waals surface area contributed by atoms with Crippen LogP contribution in [0.25, 0.3) is 17.6 Å². The normalized spacial score (nSPS) is 11.4. The summed E-state index contributed by atoms with van der Waals surface area (Å²) in [5, 5.41) is 18.2. The first-order valence-electron chi connectivity index (χ1n) is 8.15. The Kier molecular flexibility index (Phi) is 4.92. The van der Waals surface area contributed by atoms with Gasteiger partial charge in [0.1, 0.15) is 6.54 Å². The molecular weight excluding hydrogens is 338 g/mol. The van der Waals surface area contributed by atoms with Crippen molar-refractivity contribution in [1.82, 2.24) is 30.1 Å². The van der Waals surface area contributed by atoms with Crippen molar-refractivity contribution in [2.24, 2.45) is 0 Å². The van der Waals surface area contributed by atoms with Crippen molar-refractivity contribution < 1.29 is 13.8 Å². The molecule has 0 atom stereocenters. The second kappa shape index (κ2) is 7.30. The van der Waals surface area contributed by atoms with E-state index in [2.05, 4.69) is 30.8 Å². The topological polar surface area (TPSA) is 125 Å². The molecule has 0 aliphatic heterocycles. The Balaban J connectivity index is 2.15. The molecular formula is C16H19N7O3. The summed E-state index contributed by atoms with van der Waals surface area (Å²) in [6.07, 6.45) is 4.58. The number of rotatable bonds is 6. The van der Waals surface area contributed by atoms with Crippen molar-refractivity contribution >= 4 is 17.8 Å². The fourth-order valence-corrected chi connectivity index (χ4v) is 2.58. The van der Waals surface area contributed by atoms with E-state index in [1.54, 1.807) is 6.92 Å². The third-order valence-electron chi connectivity index (χ3n) is 3.60. The van der Waals surface area contributed by atoms with E-state index in [0.717, 1.165) is 11.4 Å². The number of nitrogens with zero attached hydrogens (tertiary/aromatic N) is 6. The van der Waals surface area contributed by atoms with Crippen molar-refractivity contribution in [2.45, 2.75) is 40.7 Å². The van der Waals surface area contributed by atoms with Gasteiger partial charge in [0, 0.05) is 13.8 Å². The van der Waals surface area contributed by atoms with Crippen molar-refractivity contribution in [3.63, 3.8) is 0 Å². The number of carbonyl (C=O) groups excluding carboxylic acids is 1. The Bertz CT molecular complexity index is 951. The molecule has 3 aromatic rings. The summed E-state index contributed by atoms with van der Waals surface area (Å²) in [4.78, 5) is 16.1. The first-order chi connectivity index (χ1) is 12.5. The van der Waals surface area contributed by atoms with Gasteiger partial charge < -0.3 is 14.3 Å². The zero-order valence-electron chi connectivity index (χ0n) is 15.0. The Hall–Kier alpha value is -3.30. The molecule has 3 aromatic heterocycles. The molecule has 3 heterocycles. The molecule has 1 amide bonds. The molecule has 136 valence electrons. The van der Waals surface area contributed by atoms with Crippen LogP contribution in [0.3, 0.4) is 0 Å². The molecule has 0 saturated carbocycles. The second-order valence-corrected chi connectivity index (χ2v) is 5.56. The van der Waals surface area contributed by atoms with Gasteiger partial charge in [0.15, 0.2) is 11.5 Å². The monoisotopic (exact) mass is 357 g/mol. The number of anilines is 1. The van der Waals surface area contributed by atoms with Gasteiger partial charge in [-0.3, -0.25) is 4.79 Å². The molecule has 10 nitrogen and oxygen atoms in total. The maximum Gasteiger partial charge on any atom is 0.236 e. The lowest BCUT2D eigenvalue weighted by atomic mass is 10.2. The summed E-state index contributed by atoms with van der Waals surface area (Å²) in [6.45, 7) is 7.35. The number of hydrogen-bond donors (Lipinski definition) is 1. The third kappa shape index (κ3) is 3.39. The van der Waals surface area contributed by atoms with Crippen molar-refractivity contribution in [1.29, 1.82) is 0 Å². The second-order valence-electron chi connectivity index (χ2n) is 5.56. The van der Waals surface area contributed by atoms with Crippen LogP contribution >= 0.6 is 0 Å².